The number of aromatic nitrogens is 4. The molecule has 1 saturated heterocycles. The number of carbonyl (C=O) groups is 1. The van der Waals surface area contributed by atoms with Gasteiger partial charge in [0.1, 0.15) is 17.1 Å². The zero-order chi connectivity index (χ0) is 18.7. The Balaban J connectivity index is 1.47. The molecule has 2 aromatic rings. The number of nitrogens with one attached hydrogen (secondary N) is 2. The van der Waals surface area contributed by atoms with Crippen LogP contribution in [-0.4, -0.2) is 62.1 Å². The van der Waals surface area contributed by atoms with Crippen LogP contribution in [0.3, 0.4) is 0 Å². The summed E-state index contributed by atoms with van der Waals surface area (Å²) in [5, 5.41) is 3.18. The van der Waals surface area contributed by atoms with Crippen LogP contribution in [0.5, 0.6) is 0 Å². The number of nitrogens with zero attached hydrogens (tertiary/aromatic N) is 4. The maximum atomic E-state index is 12.7. The average molecular weight is 370 g/mol. The van der Waals surface area contributed by atoms with Gasteiger partial charge in [0.05, 0.1) is 31.1 Å². The molecule has 0 aromatic carbocycles. The first kappa shape index (κ1) is 18.1. The number of hydrogen-bond acceptors (Lipinski definition) is 6. The molecule has 2 unspecified atom stereocenters. The topological polar surface area (TPSA) is 96.0 Å². The number of carbonyl (C=O) groups excluding carboxylic acids is 1. The first-order chi connectivity index (χ1) is 13.1. The molecule has 2 atom stereocenters. The van der Waals surface area contributed by atoms with E-state index in [1.165, 1.54) is 6.20 Å². The van der Waals surface area contributed by atoms with Crippen molar-refractivity contribution in [3.63, 3.8) is 0 Å². The predicted octanol–water partition coefficient (Wildman–Crippen LogP) is 1.45. The van der Waals surface area contributed by atoms with Crippen LogP contribution in [0.2, 0.25) is 0 Å². The summed E-state index contributed by atoms with van der Waals surface area (Å²) < 4.78 is 6.30. The second-order valence-electron chi connectivity index (χ2n) is 7.47. The molecule has 4 rings (SSSR count). The lowest BCUT2D eigenvalue weighted by Gasteiger charge is -2.49. The molecule has 1 spiro atoms. The van der Waals surface area contributed by atoms with Crippen molar-refractivity contribution in [1.82, 2.24) is 30.2 Å². The molecule has 1 amide bonds. The Labute approximate surface area is 158 Å². The highest BCUT2D eigenvalue weighted by Crippen LogP contribution is 2.35. The van der Waals surface area contributed by atoms with Crippen molar-refractivity contribution in [2.45, 2.75) is 50.8 Å². The molecular formula is C19H26N6O2. The lowest BCUT2D eigenvalue weighted by atomic mass is 9.78. The van der Waals surface area contributed by atoms with E-state index >= 15 is 0 Å². The van der Waals surface area contributed by atoms with E-state index in [-0.39, 0.29) is 17.6 Å². The van der Waals surface area contributed by atoms with Gasteiger partial charge in [0.2, 0.25) is 0 Å². The van der Waals surface area contributed by atoms with Crippen LogP contribution in [0, 0.1) is 6.92 Å². The number of amides is 1. The van der Waals surface area contributed by atoms with Gasteiger partial charge in [-0.1, -0.05) is 12.8 Å². The number of imidazole rings is 1. The van der Waals surface area contributed by atoms with Crippen LogP contribution in [0.25, 0.3) is 0 Å². The number of rotatable bonds is 4. The van der Waals surface area contributed by atoms with E-state index in [4.69, 9.17) is 4.74 Å². The third-order valence-corrected chi connectivity index (χ3v) is 5.51. The second-order valence-corrected chi connectivity index (χ2v) is 7.47. The molecule has 2 N–H and O–H groups in total. The number of aromatic amines is 1. The third-order valence-electron chi connectivity index (χ3n) is 5.51. The number of H-pyrrole nitrogens is 1. The quantitative estimate of drug-likeness (QED) is 0.846. The Kier molecular flexibility index (Phi) is 5.18. The highest BCUT2D eigenvalue weighted by atomic mass is 16.5. The maximum Gasteiger partial charge on any atom is 0.271 e. The van der Waals surface area contributed by atoms with E-state index in [1.54, 1.807) is 12.4 Å². The van der Waals surface area contributed by atoms with Gasteiger partial charge in [-0.05, 0) is 19.8 Å². The van der Waals surface area contributed by atoms with Crippen LogP contribution < -0.4 is 5.32 Å². The van der Waals surface area contributed by atoms with E-state index in [1.807, 2.05) is 13.1 Å². The molecule has 8 nitrogen and oxygen atoms in total. The first-order valence-corrected chi connectivity index (χ1v) is 9.59. The van der Waals surface area contributed by atoms with Crippen LogP contribution in [-0.2, 0) is 11.3 Å². The van der Waals surface area contributed by atoms with Gasteiger partial charge in [-0.2, -0.15) is 0 Å². The molecule has 3 heterocycles. The molecule has 2 aliphatic rings. The Hall–Kier alpha value is -2.32. The summed E-state index contributed by atoms with van der Waals surface area (Å²) in [6.07, 6.45) is 10.8. The van der Waals surface area contributed by atoms with Crippen LogP contribution >= 0.6 is 0 Å². The Morgan fingerprint density at radius 3 is 3.07 bits per heavy atom. The van der Waals surface area contributed by atoms with Crippen LogP contribution in [0.4, 0.5) is 0 Å². The van der Waals surface area contributed by atoms with Crippen molar-refractivity contribution in [3.05, 3.63) is 42.0 Å². The zero-order valence-electron chi connectivity index (χ0n) is 15.6. The number of morpholine rings is 1. The van der Waals surface area contributed by atoms with Crippen molar-refractivity contribution in [3.8, 4) is 0 Å². The lowest BCUT2D eigenvalue weighted by Crippen LogP contribution is -2.64. The largest absolute Gasteiger partial charge is 0.370 e. The molecule has 144 valence electrons. The molecule has 1 aliphatic carbocycles. The summed E-state index contributed by atoms with van der Waals surface area (Å²) in [5.41, 5.74) is 0.797. The van der Waals surface area contributed by atoms with Crippen molar-refractivity contribution >= 4 is 5.91 Å². The number of ether oxygens (including phenoxy) is 1. The normalized spacial score (nSPS) is 26.2. The molecular weight excluding hydrogens is 344 g/mol. The number of aryl methyl sites for hydroxylation is 1. The molecule has 2 aromatic heterocycles. The summed E-state index contributed by atoms with van der Waals surface area (Å²) in [6.45, 7) is 4.94. The highest BCUT2D eigenvalue weighted by molar-refractivity contribution is 5.92. The van der Waals surface area contributed by atoms with E-state index in [0.717, 1.165) is 56.8 Å². The van der Waals surface area contributed by atoms with Gasteiger partial charge in [-0.3, -0.25) is 14.7 Å². The minimum Gasteiger partial charge on any atom is -0.370 e. The average Bonchev–Trinajstić information content (AvgIpc) is 3.17. The van der Waals surface area contributed by atoms with Crippen molar-refractivity contribution < 1.29 is 9.53 Å². The van der Waals surface area contributed by atoms with Gasteiger partial charge in [0.25, 0.3) is 5.91 Å². The van der Waals surface area contributed by atoms with Crippen molar-refractivity contribution in [1.29, 1.82) is 0 Å². The van der Waals surface area contributed by atoms with Gasteiger partial charge < -0.3 is 15.0 Å². The summed E-state index contributed by atoms with van der Waals surface area (Å²) in [5.74, 6) is 0.777. The minimum atomic E-state index is -0.350. The summed E-state index contributed by atoms with van der Waals surface area (Å²) in [6, 6.07) is -0.0266. The monoisotopic (exact) mass is 370 g/mol. The Morgan fingerprint density at radius 1 is 1.37 bits per heavy atom. The van der Waals surface area contributed by atoms with Gasteiger partial charge >= 0.3 is 0 Å². The minimum absolute atomic E-state index is 0.0266. The molecule has 27 heavy (non-hydrogen) atoms. The molecule has 0 bridgehead atoms. The van der Waals surface area contributed by atoms with Crippen molar-refractivity contribution in [2.75, 3.05) is 19.7 Å². The molecule has 8 heteroatoms. The zero-order valence-corrected chi connectivity index (χ0v) is 15.6. The highest BCUT2D eigenvalue weighted by Gasteiger charge is 2.46. The fourth-order valence-corrected chi connectivity index (χ4v) is 4.13. The molecule has 2 fully saturated rings. The fourth-order valence-electron chi connectivity index (χ4n) is 4.13. The molecule has 0 radical (unpaired) electrons. The number of hydrogen-bond donors (Lipinski definition) is 2. The second kappa shape index (κ2) is 7.74. The van der Waals surface area contributed by atoms with Gasteiger partial charge in [0.15, 0.2) is 0 Å². The Morgan fingerprint density at radius 2 is 2.30 bits per heavy atom. The van der Waals surface area contributed by atoms with Gasteiger partial charge in [0, 0.05) is 31.7 Å². The van der Waals surface area contributed by atoms with Crippen LogP contribution in [0.15, 0.2) is 24.8 Å². The summed E-state index contributed by atoms with van der Waals surface area (Å²) in [4.78, 5) is 30.9. The Bertz CT molecular complexity index is 759. The maximum absolute atomic E-state index is 12.7. The third kappa shape index (κ3) is 4.01. The standard InChI is InChI=1S/C19H26N6O2/c1-14-10-23-15(11-22-14)18(26)24-16-4-2-3-5-19(16)13-25(8-9-27-19)12-17-20-6-7-21-17/h6-7,10-11,16H,2-5,8-9,12-13H2,1H3,(H,20,21)(H,24,26). The fraction of sp³-hybridized carbons (Fsp3) is 0.579. The van der Waals surface area contributed by atoms with Crippen LogP contribution in [0.1, 0.15) is 47.7 Å². The van der Waals surface area contributed by atoms with Gasteiger partial charge in [-0.25, -0.2) is 9.97 Å². The lowest BCUT2D eigenvalue weighted by molar-refractivity contribution is -0.143. The summed E-state index contributed by atoms with van der Waals surface area (Å²) >= 11 is 0. The molecule has 1 saturated carbocycles. The smallest absolute Gasteiger partial charge is 0.271 e. The first-order valence-electron chi connectivity index (χ1n) is 9.59. The van der Waals surface area contributed by atoms with E-state index in [2.05, 4.69) is 30.2 Å². The van der Waals surface area contributed by atoms with Crippen molar-refractivity contribution in [2.24, 2.45) is 0 Å². The predicted molar refractivity (Wildman–Crippen MR) is 99.0 cm³/mol. The van der Waals surface area contributed by atoms with E-state index in [0.29, 0.717) is 12.3 Å². The SMILES string of the molecule is Cc1cnc(C(=O)NC2CCCCC23CN(Cc2ncc[nH]2)CCO3)cn1. The van der Waals surface area contributed by atoms with E-state index < -0.39 is 0 Å². The molecule has 1 aliphatic heterocycles. The van der Waals surface area contributed by atoms with E-state index in [9.17, 15) is 4.79 Å². The van der Waals surface area contributed by atoms with Gasteiger partial charge in [-0.15, -0.1) is 0 Å². The summed E-state index contributed by atoms with van der Waals surface area (Å²) in [7, 11) is 0.